The highest BCUT2D eigenvalue weighted by Gasteiger charge is 2.34. The van der Waals surface area contributed by atoms with Crippen molar-refractivity contribution in [2.45, 2.75) is 37.6 Å². The van der Waals surface area contributed by atoms with E-state index in [1.807, 2.05) is 36.4 Å². The fourth-order valence-corrected chi connectivity index (χ4v) is 5.62. The summed E-state index contributed by atoms with van der Waals surface area (Å²) in [5.41, 5.74) is 3.52. The second-order valence-corrected chi connectivity index (χ2v) is 11.1. The molecule has 216 valence electrons. The number of anilines is 1. The Morgan fingerprint density at radius 1 is 0.929 bits per heavy atom. The number of aromatic nitrogens is 1. The molecule has 4 aromatic rings. The summed E-state index contributed by atoms with van der Waals surface area (Å²) in [5.74, 6) is 0.221. The number of benzene rings is 3. The summed E-state index contributed by atoms with van der Waals surface area (Å²) in [6, 6.07) is 27.5. The molecule has 1 heterocycles. The molecule has 0 saturated heterocycles. The number of carbonyl (C=O) groups is 3. The predicted octanol–water partition coefficient (Wildman–Crippen LogP) is 5.28. The Bertz CT molecular complexity index is 1450. The van der Waals surface area contributed by atoms with Crippen LogP contribution in [0.15, 0.2) is 90.3 Å². The lowest BCUT2D eigenvalue weighted by molar-refractivity contribution is -0.120. The van der Waals surface area contributed by atoms with Crippen LogP contribution in [0.5, 0.6) is 5.75 Å². The van der Waals surface area contributed by atoms with Crippen molar-refractivity contribution in [3.05, 3.63) is 113 Å². The molecule has 1 fully saturated rings. The molecule has 0 aliphatic heterocycles. The number of nitrogens with one attached hydrogen (secondary N) is 2. The highest BCUT2D eigenvalue weighted by Crippen LogP contribution is 2.29. The van der Waals surface area contributed by atoms with Gasteiger partial charge in [0.15, 0.2) is 5.13 Å². The topological polar surface area (TPSA) is 101 Å². The minimum absolute atomic E-state index is 0.0595. The SMILES string of the molecule is COc1ccc(C(=O)N(CC(=O)Nc2nc(CC(=O)NCCC(c3ccccc3)c3ccccc3)cs2)C2CC2)cc1. The van der Waals surface area contributed by atoms with Crippen LogP contribution in [0.25, 0.3) is 0 Å². The van der Waals surface area contributed by atoms with Gasteiger partial charge in [0.05, 0.1) is 19.2 Å². The molecule has 5 rings (SSSR count). The van der Waals surface area contributed by atoms with E-state index in [-0.39, 0.29) is 42.6 Å². The van der Waals surface area contributed by atoms with Crippen LogP contribution in [0.3, 0.4) is 0 Å². The minimum Gasteiger partial charge on any atom is -0.497 e. The largest absolute Gasteiger partial charge is 0.497 e. The Hall–Kier alpha value is -4.50. The molecule has 9 heteroatoms. The molecule has 8 nitrogen and oxygen atoms in total. The average molecular weight is 583 g/mol. The first-order valence-electron chi connectivity index (χ1n) is 14.1. The Morgan fingerprint density at radius 3 is 2.17 bits per heavy atom. The van der Waals surface area contributed by atoms with Crippen LogP contribution < -0.4 is 15.4 Å². The molecule has 1 aliphatic rings. The average Bonchev–Trinajstić information content (AvgIpc) is 3.78. The molecule has 0 spiro atoms. The highest BCUT2D eigenvalue weighted by atomic mass is 32.1. The monoisotopic (exact) mass is 582 g/mol. The van der Waals surface area contributed by atoms with Crippen molar-refractivity contribution in [1.29, 1.82) is 0 Å². The molecule has 3 aromatic carbocycles. The van der Waals surface area contributed by atoms with Gasteiger partial charge in [-0.3, -0.25) is 14.4 Å². The lowest BCUT2D eigenvalue weighted by Crippen LogP contribution is -2.39. The summed E-state index contributed by atoms with van der Waals surface area (Å²) in [6.07, 6.45) is 2.65. The van der Waals surface area contributed by atoms with Gasteiger partial charge >= 0.3 is 0 Å². The van der Waals surface area contributed by atoms with Gasteiger partial charge in [0.1, 0.15) is 12.3 Å². The van der Waals surface area contributed by atoms with Crippen LogP contribution in [-0.4, -0.2) is 53.8 Å². The first-order valence-corrected chi connectivity index (χ1v) is 14.9. The molecule has 0 bridgehead atoms. The predicted molar refractivity (Wildman–Crippen MR) is 164 cm³/mol. The second kappa shape index (κ2) is 13.9. The van der Waals surface area contributed by atoms with Gasteiger partial charge in [-0.2, -0.15) is 0 Å². The van der Waals surface area contributed by atoms with E-state index in [1.54, 1.807) is 41.7 Å². The quantitative estimate of drug-likeness (QED) is 0.224. The number of ether oxygens (including phenoxy) is 1. The van der Waals surface area contributed by atoms with Crippen LogP contribution in [0.4, 0.5) is 5.13 Å². The van der Waals surface area contributed by atoms with Crippen LogP contribution in [0.1, 0.15) is 52.4 Å². The maximum Gasteiger partial charge on any atom is 0.254 e. The van der Waals surface area contributed by atoms with Gasteiger partial charge in [-0.15, -0.1) is 11.3 Å². The maximum absolute atomic E-state index is 13.1. The molecular weight excluding hydrogens is 548 g/mol. The summed E-state index contributed by atoms with van der Waals surface area (Å²) in [7, 11) is 1.57. The van der Waals surface area contributed by atoms with E-state index in [2.05, 4.69) is 39.9 Å². The fraction of sp³-hybridized carbons (Fsp3) is 0.273. The van der Waals surface area contributed by atoms with E-state index in [4.69, 9.17) is 4.74 Å². The Balaban J connectivity index is 1.11. The van der Waals surface area contributed by atoms with Crippen molar-refractivity contribution in [2.75, 3.05) is 25.5 Å². The molecular formula is C33H34N4O4S. The van der Waals surface area contributed by atoms with Crippen molar-refractivity contribution in [2.24, 2.45) is 0 Å². The van der Waals surface area contributed by atoms with Crippen molar-refractivity contribution in [1.82, 2.24) is 15.2 Å². The van der Waals surface area contributed by atoms with E-state index in [0.29, 0.717) is 28.7 Å². The fourth-order valence-electron chi connectivity index (χ4n) is 4.89. The van der Waals surface area contributed by atoms with Gasteiger partial charge in [0, 0.05) is 29.4 Å². The van der Waals surface area contributed by atoms with Gasteiger partial charge in [0.2, 0.25) is 11.8 Å². The molecule has 2 N–H and O–H groups in total. The third-order valence-corrected chi connectivity index (χ3v) is 8.00. The number of amides is 3. The van der Waals surface area contributed by atoms with E-state index in [0.717, 1.165) is 19.3 Å². The van der Waals surface area contributed by atoms with E-state index in [9.17, 15) is 14.4 Å². The summed E-state index contributed by atoms with van der Waals surface area (Å²) in [4.78, 5) is 44.6. The van der Waals surface area contributed by atoms with Crippen molar-refractivity contribution >= 4 is 34.2 Å². The second-order valence-electron chi connectivity index (χ2n) is 10.3. The molecule has 0 unspecified atom stereocenters. The smallest absolute Gasteiger partial charge is 0.254 e. The molecule has 3 amide bonds. The van der Waals surface area contributed by atoms with Gasteiger partial charge < -0.3 is 20.3 Å². The van der Waals surface area contributed by atoms with E-state index >= 15 is 0 Å². The van der Waals surface area contributed by atoms with Crippen LogP contribution in [0, 0.1) is 0 Å². The normalized spacial score (nSPS) is 12.5. The number of hydrogen-bond donors (Lipinski definition) is 2. The van der Waals surface area contributed by atoms with Gasteiger partial charge in [-0.05, 0) is 54.7 Å². The highest BCUT2D eigenvalue weighted by molar-refractivity contribution is 7.13. The van der Waals surface area contributed by atoms with E-state index in [1.165, 1.54) is 22.5 Å². The molecule has 0 radical (unpaired) electrons. The lowest BCUT2D eigenvalue weighted by Gasteiger charge is -2.21. The number of carbonyl (C=O) groups excluding carboxylic acids is 3. The number of thiazole rings is 1. The zero-order valence-corrected chi connectivity index (χ0v) is 24.3. The van der Waals surface area contributed by atoms with Gasteiger partial charge in [-0.25, -0.2) is 4.98 Å². The number of methoxy groups -OCH3 is 1. The van der Waals surface area contributed by atoms with Gasteiger partial charge in [0.25, 0.3) is 5.91 Å². The molecule has 0 atom stereocenters. The Kier molecular flexibility index (Phi) is 9.61. The van der Waals surface area contributed by atoms with Crippen molar-refractivity contribution in [3.8, 4) is 5.75 Å². The lowest BCUT2D eigenvalue weighted by atomic mass is 9.88. The summed E-state index contributed by atoms with van der Waals surface area (Å²) in [6.45, 7) is 0.467. The molecule has 1 saturated carbocycles. The molecule has 1 aliphatic carbocycles. The van der Waals surface area contributed by atoms with Crippen LogP contribution >= 0.6 is 11.3 Å². The summed E-state index contributed by atoms with van der Waals surface area (Å²) in [5, 5.41) is 7.99. The minimum atomic E-state index is -0.318. The zero-order chi connectivity index (χ0) is 29.3. The van der Waals surface area contributed by atoms with Crippen LogP contribution in [-0.2, 0) is 16.0 Å². The number of nitrogens with zero attached hydrogens (tertiary/aromatic N) is 2. The third kappa shape index (κ3) is 7.82. The number of rotatable bonds is 13. The van der Waals surface area contributed by atoms with E-state index < -0.39 is 0 Å². The first-order chi connectivity index (χ1) is 20.5. The molecule has 42 heavy (non-hydrogen) atoms. The van der Waals surface area contributed by atoms with Gasteiger partial charge in [-0.1, -0.05) is 60.7 Å². The maximum atomic E-state index is 13.1. The number of hydrogen-bond acceptors (Lipinski definition) is 6. The third-order valence-electron chi connectivity index (χ3n) is 7.20. The standard InChI is InChI=1S/C33H34N4O4S/c1-41-28-16-12-25(13-17-28)32(40)37(27-14-15-27)21-31(39)36-33-35-26(22-42-33)20-30(38)34-19-18-29(23-8-4-2-5-9-23)24-10-6-3-7-11-24/h2-13,16-17,22,27,29H,14-15,18-21H2,1H3,(H,34,38)(H,35,36,39). The van der Waals surface area contributed by atoms with Crippen molar-refractivity contribution in [3.63, 3.8) is 0 Å². The summed E-state index contributed by atoms with van der Waals surface area (Å²) < 4.78 is 5.17. The summed E-state index contributed by atoms with van der Waals surface area (Å²) >= 11 is 1.26. The Labute approximate surface area is 249 Å². The van der Waals surface area contributed by atoms with Crippen LogP contribution in [0.2, 0.25) is 0 Å². The van der Waals surface area contributed by atoms with Crippen molar-refractivity contribution < 1.29 is 19.1 Å². The zero-order valence-electron chi connectivity index (χ0n) is 23.5. The molecule has 1 aromatic heterocycles. The first kappa shape index (κ1) is 29.0. The Morgan fingerprint density at radius 2 is 1.57 bits per heavy atom.